The van der Waals surface area contributed by atoms with E-state index in [1.165, 1.54) is 6.07 Å². The zero-order valence-corrected chi connectivity index (χ0v) is 11.3. The Balaban J connectivity index is 2.30. The summed E-state index contributed by atoms with van der Waals surface area (Å²) in [7, 11) is 0. The third kappa shape index (κ3) is 2.98. The van der Waals surface area contributed by atoms with Crippen LogP contribution in [-0.2, 0) is 11.2 Å². The monoisotopic (exact) mass is 341 g/mol. The van der Waals surface area contributed by atoms with Crippen LogP contribution in [-0.4, -0.2) is 12.1 Å². The van der Waals surface area contributed by atoms with Gasteiger partial charge in [-0.2, -0.15) is 13.2 Å². The Kier molecular flexibility index (Phi) is 3.60. The number of benzene rings is 1. The van der Waals surface area contributed by atoms with Crippen molar-refractivity contribution in [1.82, 2.24) is 0 Å². The molecule has 1 unspecified atom stereocenters. The number of carbonyl (C=O) groups is 1. The normalized spacial score (nSPS) is 16.4. The number of hydrogen-bond donors (Lipinski definition) is 1. The van der Waals surface area contributed by atoms with Gasteiger partial charge in [-0.25, -0.2) is 0 Å². The van der Waals surface area contributed by atoms with Crippen LogP contribution in [0.1, 0.15) is 22.4 Å². The van der Waals surface area contributed by atoms with Crippen molar-refractivity contribution in [2.75, 3.05) is 5.32 Å². The second-order valence-electron chi connectivity index (χ2n) is 4.04. The van der Waals surface area contributed by atoms with Crippen molar-refractivity contribution in [3.63, 3.8) is 0 Å². The Hall–Kier alpha value is -0.750. The van der Waals surface area contributed by atoms with E-state index in [9.17, 15) is 18.0 Å². The van der Waals surface area contributed by atoms with Gasteiger partial charge in [0.15, 0.2) is 0 Å². The van der Waals surface area contributed by atoms with E-state index in [0.717, 1.165) is 0 Å². The van der Waals surface area contributed by atoms with Gasteiger partial charge in [-0.1, -0.05) is 33.6 Å². The van der Waals surface area contributed by atoms with Gasteiger partial charge in [0.05, 0.1) is 12.8 Å². The lowest BCUT2D eigenvalue weighted by Gasteiger charge is -2.15. The van der Waals surface area contributed by atoms with Crippen LogP contribution in [0.25, 0.3) is 0 Å². The molecule has 0 radical (unpaired) electrons. The molecule has 18 heavy (non-hydrogen) atoms. The maximum Gasteiger partial charge on any atom is 0.390 e. The molecule has 0 spiro atoms. The smallest absolute Gasteiger partial charge is 0.325 e. The van der Waals surface area contributed by atoms with Gasteiger partial charge in [0.1, 0.15) is 0 Å². The van der Waals surface area contributed by atoms with Crippen LogP contribution in [0, 0.1) is 0 Å². The highest BCUT2D eigenvalue weighted by atomic mass is 79.9. The number of nitrogens with one attached hydrogen (secondary N) is 1. The minimum absolute atomic E-state index is 0.172. The fourth-order valence-corrected chi connectivity index (χ4v) is 2.99. The first-order valence-electron chi connectivity index (χ1n) is 5.09. The number of halogens is 5. The third-order valence-corrected chi connectivity index (χ3v) is 3.74. The van der Waals surface area contributed by atoms with Gasteiger partial charge < -0.3 is 5.32 Å². The van der Waals surface area contributed by atoms with E-state index < -0.39 is 17.4 Å². The Morgan fingerprint density at radius 1 is 1.44 bits per heavy atom. The highest BCUT2D eigenvalue weighted by Gasteiger charge is 2.33. The highest BCUT2D eigenvalue weighted by Crippen LogP contribution is 2.41. The second kappa shape index (κ2) is 4.74. The average Bonchev–Trinajstić information content (AvgIpc) is 2.53. The molecular weight excluding hydrogens is 334 g/mol. The summed E-state index contributed by atoms with van der Waals surface area (Å²) in [5, 5.41) is 2.80. The SMILES string of the molecule is O=C1Cc2cc(C(Br)CC(F)(F)F)c(Cl)cc2N1. The van der Waals surface area contributed by atoms with Crippen LogP contribution < -0.4 is 5.32 Å². The second-order valence-corrected chi connectivity index (χ2v) is 5.56. The molecule has 1 N–H and O–H groups in total. The molecule has 0 saturated heterocycles. The molecule has 0 bridgehead atoms. The lowest BCUT2D eigenvalue weighted by molar-refractivity contribution is -0.134. The van der Waals surface area contributed by atoms with E-state index in [1.54, 1.807) is 6.07 Å². The number of fused-ring (bicyclic) bond motifs is 1. The number of alkyl halides is 4. The zero-order valence-electron chi connectivity index (χ0n) is 8.94. The lowest BCUT2D eigenvalue weighted by atomic mass is 10.0. The Morgan fingerprint density at radius 3 is 2.72 bits per heavy atom. The predicted molar refractivity (Wildman–Crippen MR) is 66.1 cm³/mol. The fourth-order valence-electron chi connectivity index (χ4n) is 1.82. The van der Waals surface area contributed by atoms with Crippen molar-refractivity contribution < 1.29 is 18.0 Å². The van der Waals surface area contributed by atoms with Gasteiger partial charge in [-0.15, -0.1) is 0 Å². The summed E-state index contributed by atoms with van der Waals surface area (Å²) in [6, 6.07) is 3.03. The van der Waals surface area contributed by atoms with E-state index in [1.807, 2.05) is 0 Å². The molecule has 0 saturated carbocycles. The number of rotatable bonds is 2. The molecule has 1 heterocycles. The van der Waals surface area contributed by atoms with E-state index >= 15 is 0 Å². The first-order chi connectivity index (χ1) is 8.26. The van der Waals surface area contributed by atoms with Gasteiger partial charge in [0.2, 0.25) is 5.91 Å². The Labute approximate surface area is 115 Å². The van der Waals surface area contributed by atoms with Crippen LogP contribution in [0.2, 0.25) is 5.02 Å². The maximum absolute atomic E-state index is 12.3. The minimum atomic E-state index is -4.27. The number of hydrogen-bond acceptors (Lipinski definition) is 1. The van der Waals surface area contributed by atoms with Crippen molar-refractivity contribution in [2.24, 2.45) is 0 Å². The summed E-state index contributed by atoms with van der Waals surface area (Å²) in [4.78, 5) is 10.3. The molecule has 1 aromatic rings. The van der Waals surface area contributed by atoms with E-state index in [4.69, 9.17) is 11.6 Å². The number of carbonyl (C=O) groups excluding carboxylic acids is 1. The average molecular weight is 343 g/mol. The summed E-state index contributed by atoms with van der Waals surface area (Å²) < 4.78 is 37.0. The molecule has 98 valence electrons. The van der Waals surface area contributed by atoms with E-state index in [2.05, 4.69) is 21.2 Å². The molecular formula is C11H8BrClF3NO. The van der Waals surface area contributed by atoms with Crippen LogP contribution in [0.15, 0.2) is 12.1 Å². The molecule has 7 heteroatoms. The molecule has 2 rings (SSSR count). The fraction of sp³-hybridized carbons (Fsp3) is 0.364. The van der Waals surface area contributed by atoms with Crippen molar-refractivity contribution >= 4 is 39.1 Å². The Bertz CT molecular complexity index is 504. The van der Waals surface area contributed by atoms with Crippen LogP contribution in [0.4, 0.5) is 18.9 Å². The van der Waals surface area contributed by atoms with Gasteiger partial charge >= 0.3 is 6.18 Å². The van der Waals surface area contributed by atoms with Gasteiger partial charge in [-0.3, -0.25) is 4.79 Å². The summed E-state index contributed by atoms with van der Waals surface area (Å²) in [5.74, 6) is -0.180. The van der Waals surface area contributed by atoms with Crippen LogP contribution in [0.3, 0.4) is 0 Å². The van der Waals surface area contributed by atoms with Gasteiger partial charge in [0, 0.05) is 15.5 Å². The van der Waals surface area contributed by atoms with Crippen molar-refractivity contribution in [1.29, 1.82) is 0 Å². The largest absolute Gasteiger partial charge is 0.390 e. The van der Waals surface area contributed by atoms with Gasteiger partial charge in [0.25, 0.3) is 0 Å². The lowest BCUT2D eigenvalue weighted by Crippen LogP contribution is -2.10. The standard InChI is InChI=1S/C11H8BrClF3NO/c12-7(4-11(14,15)16)6-1-5-2-10(18)17-9(5)3-8(6)13/h1,3,7H,2,4H2,(H,17,18). The molecule has 1 aliphatic rings. The third-order valence-electron chi connectivity index (χ3n) is 2.60. The summed E-state index contributed by atoms with van der Waals surface area (Å²) in [5.41, 5.74) is 1.59. The van der Waals surface area contributed by atoms with Crippen LogP contribution >= 0.6 is 27.5 Å². The highest BCUT2D eigenvalue weighted by molar-refractivity contribution is 9.09. The predicted octanol–water partition coefficient (Wildman–Crippen LogP) is 4.22. The van der Waals surface area contributed by atoms with Gasteiger partial charge in [-0.05, 0) is 17.2 Å². The molecule has 0 aliphatic carbocycles. The molecule has 0 fully saturated rings. The van der Waals surface area contributed by atoms with Crippen LogP contribution in [0.5, 0.6) is 0 Å². The molecule has 2 nitrogen and oxygen atoms in total. The number of anilines is 1. The van der Waals surface area contributed by atoms with Crippen molar-refractivity contribution in [3.8, 4) is 0 Å². The topological polar surface area (TPSA) is 29.1 Å². The zero-order chi connectivity index (χ0) is 13.5. The maximum atomic E-state index is 12.3. The first kappa shape index (κ1) is 13.7. The molecule has 1 aromatic carbocycles. The number of amides is 1. The molecule has 1 aliphatic heterocycles. The summed E-state index contributed by atoms with van der Waals surface area (Å²) >= 11 is 8.92. The molecule has 1 atom stereocenters. The summed E-state index contributed by atoms with van der Waals surface area (Å²) in [6.07, 6.45) is -5.11. The minimum Gasteiger partial charge on any atom is -0.325 e. The molecule has 1 amide bonds. The van der Waals surface area contributed by atoms with E-state index in [-0.39, 0.29) is 17.4 Å². The summed E-state index contributed by atoms with van der Waals surface area (Å²) in [6.45, 7) is 0. The quantitative estimate of drug-likeness (QED) is 0.801. The van der Waals surface area contributed by atoms with Crippen molar-refractivity contribution in [3.05, 3.63) is 28.3 Å². The molecule has 0 aromatic heterocycles. The Morgan fingerprint density at radius 2 is 2.11 bits per heavy atom. The van der Waals surface area contributed by atoms with E-state index in [0.29, 0.717) is 16.8 Å². The first-order valence-corrected chi connectivity index (χ1v) is 6.38. The van der Waals surface area contributed by atoms with Crippen molar-refractivity contribution in [2.45, 2.75) is 23.8 Å².